The number of hydrogen-bond acceptors (Lipinski definition) is 8. The minimum atomic E-state index is -0.406. The molecule has 2 heterocycles. The van der Waals surface area contributed by atoms with Crippen molar-refractivity contribution >= 4 is 34.3 Å². The number of carbonyl (C=O) groups excluding carboxylic acids is 3. The average Bonchev–Trinajstić information content (AvgIpc) is 3.11. The Hall–Kier alpha value is -2.04. The van der Waals surface area contributed by atoms with Crippen molar-refractivity contribution in [1.29, 1.82) is 0 Å². The quantitative estimate of drug-likeness (QED) is 0.532. The predicted molar refractivity (Wildman–Crippen MR) is 110 cm³/mol. The minimum absolute atomic E-state index is 0.0138. The standard InChI is InChI=1S/C19H30N4O5S/c1-3-28-18(26)6-5-17(25)23(8-4-7-22-9-11-27-12-10-22)14-16(24)21-19-20-13-15(2)29-19/h13H,3-12,14H2,1-2H3,(H,20,21,24). The van der Waals surface area contributed by atoms with Crippen molar-refractivity contribution < 1.29 is 23.9 Å². The molecule has 0 atom stereocenters. The fourth-order valence-corrected chi connectivity index (χ4v) is 3.63. The highest BCUT2D eigenvalue weighted by molar-refractivity contribution is 7.15. The van der Waals surface area contributed by atoms with Crippen molar-refractivity contribution in [1.82, 2.24) is 14.8 Å². The monoisotopic (exact) mass is 426 g/mol. The van der Waals surface area contributed by atoms with Crippen LogP contribution in [-0.2, 0) is 23.9 Å². The first-order valence-electron chi connectivity index (χ1n) is 9.93. The highest BCUT2D eigenvalue weighted by Crippen LogP contribution is 2.16. The molecule has 1 aromatic rings. The molecule has 0 radical (unpaired) electrons. The lowest BCUT2D eigenvalue weighted by Crippen LogP contribution is -2.41. The third-order valence-corrected chi connectivity index (χ3v) is 5.24. The normalized spacial score (nSPS) is 14.4. The summed E-state index contributed by atoms with van der Waals surface area (Å²) in [5.74, 6) is -0.933. The second-order valence-corrected chi connectivity index (χ2v) is 7.99. The molecule has 2 rings (SSSR count). The molecule has 0 spiro atoms. The van der Waals surface area contributed by atoms with Crippen LogP contribution in [0.3, 0.4) is 0 Å². The van der Waals surface area contributed by atoms with Crippen LogP contribution in [0.5, 0.6) is 0 Å². The van der Waals surface area contributed by atoms with Crippen LogP contribution < -0.4 is 5.32 Å². The molecule has 0 bridgehead atoms. The van der Waals surface area contributed by atoms with Crippen molar-refractivity contribution in [3.8, 4) is 0 Å². The number of carbonyl (C=O) groups is 3. The highest BCUT2D eigenvalue weighted by atomic mass is 32.1. The van der Waals surface area contributed by atoms with Gasteiger partial charge >= 0.3 is 5.97 Å². The van der Waals surface area contributed by atoms with Gasteiger partial charge in [0, 0.05) is 43.7 Å². The Morgan fingerprint density at radius 2 is 2.07 bits per heavy atom. The molecule has 10 heteroatoms. The number of thiazole rings is 1. The zero-order valence-corrected chi connectivity index (χ0v) is 18.0. The van der Waals surface area contributed by atoms with Gasteiger partial charge in [-0.1, -0.05) is 0 Å². The van der Waals surface area contributed by atoms with Gasteiger partial charge in [-0.3, -0.25) is 19.3 Å². The molecule has 1 N–H and O–H groups in total. The fraction of sp³-hybridized carbons (Fsp3) is 0.684. The Labute approximate surface area is 175 Å². The second-order valence-electron chi connectivity index (χ2n) is 6.75. The van der Waals surface area contributed by atoms with Crippen molar-refractivity contribution in [3.05, 3.63) is 11.1 Å². The maximum Gasteiger partial charge on any atom is 0.306 e. The van der Waals surface area contributed by atoms with Crippen molar-refractivity contribution in [2.24, 2.45) is 0 Å². The first kappa shape index (κ1) is 23.2. The number of anilines is 1. The van der Waals surface area contributed by atoms with E-state index >= 15 is 0 Å². The summed E-state index contributed by atoms with van der Waals surface area (Å²) in [4.78, 5) is 45.5. The van der Waals surface area contributed by atoms with Crippen LogP contribution in [0.1, 0.15) is 31.1 Å². The van der Waals surface area contributed by atoms with E-state index in [-0.39, 0.29) is 37.8 Å². The van der Waals surface area contributed by atoms with E-state index in [1.54, 1.807) is 13.1 Å². The Balaban J connectivity index is 1.86. The number of ether oxygens (including phenoxy) is 2. The molecule has 9 nitrogen and oxygen atoms in total. The first-order chi connectivity index (χ1) is 14.0. The number of rotatable bonds is 11. The van der Waals surface area contributed by atoms with Gasteiger partial charge in [0.05, 0.1) is 32.8 Å². The molecule has 0 unspecified atom stereocenters. The van der Waals surface area contributed by atoms with Gasteiger partial charge in [-0.25, -0.2) is 4.98 Å². The van der Waals surface area contributed by atoms with Crippen molar-refractivity contribution in [2.75, 3.05) is 57.9 Å². The molecule has 0 aliphatic carbocycles. The van der Waals surface area contributed by atoms with Crippen LogP contribution in [-0.4, -0.2) is 85.1 Å². The molecule has 29 heavy (non-hydrogen) atoms. The maximum atomic E-state index is 12.6. The van der Waals surface area contributed by atoms with Gasteiger partial charge in [-0.05, 0) is 20.3 Å². The molecule has 1 saturated heterocycles. The topological polar surface area (TPSA) is 101 Å². The van der Waals surface area contributed by atoms with Crippen molar-refractivity contribution in [3.63, 3.8) is 0 Å². The van der Waals surface area contributed by atoms with Crippen molar-refractivity contribution in [2.45, 2.75) is 33.1 Å². The van der Waals surface area contributed by atoms with Gasteiger partial charge in [-0.2, -0.15) is 0 Å². The van der Waals surface area contributed by atoms with Crippen LogP contribution in [0, 0.1) is 6.92 Å². The Morgan fingerprint density at radius 1 is 1.31 bits per heavy atom. The third-order valence-electron chi connectivity index (χ3n) is 4.41. The van der Waals surface area contributed by atoms with Gasteiger partial charge in [0.25, 0.3) is 0 Å². The molecular formula is C19H30N4O5S. The number of nitrogens with zero attached hydrogens (tertiary/aromatic N) is 3. The summed E-state index contributed by atoms with van der Waals surface area (Å²) in [6.07, 6.45) is 2.47. The molecule has 1 aliphatic rings. The summed E-state index contributed by atoms with van der Waals surface area (Å²) in [5, 5.41) is 3.24. The second kappa shape index (κ2) is 12.5. The Morgan fingerprint density at radius 3 is 2.72 bits per heavy atom. The zero-order chi connectivity index (χ0) is 21.1. The number of aromatic nitrogens is 1. The van der Waals surface area contributed by atoms with Crippen LogP contribution in [0.15, 0.2) is 6.20 Å². The molecule has 1 fully saturated rings. The number of aryl methyl sites for hydroxylation is 1. The molecule has 0 saturated carbocycles. The number of morpholine rings is 1. The average molecular weight is 427 g/mol. The van der Waals surface area contributed by atoms with Gasteiger partial charge in [0.2, 0.25) is 11.8 Å². The summed E-state index contributed by atoms with van der Waals surface area (Å²) >= 11 is 1.38. The first-order valence-corrected chi connectivity index (χ1v) is 10.8. The maximum absolute atomic E-state index is 12.6. The third kappa shape index (κ3) is 8.88. The number of amides is 2. The zero-order valence-electron chi connectivity index (χ0n) is 17.1. The van der Waals surface area contributed by atoms with E-state index in [2.05, 4.69) is 15.2 Å². The van der Waals surface area contributed by atoms with Gasteiger partial charge in [-0.15, -0.1) is 11.3 Å². The van der Waals surface area contributed by atoms with Gasteiger partial charge in [0.1, 0.15) is 0 Å². The lowest BCUT2D eigenvalue weighted by Gasteiger charge is -2.28. The molecule has 0 aromatic carbocycles. The van der Waals surface area contributed by atoms with Crippen LogP contribution in [0.4, 0.5) is 5.13 Å². The molecule has 162 valence electrons. The summed E-state index contributed by atoms with van der Waals surface area (Å²) in [7, 11) is 0. The van der Waals surface area contributed by atoms with E-state index in [4.69, 9.17) is 9.47 Å². The summed E-state index contributed by atoms with van der Waals surface area (Å²) in [5.41, 5.74) is 0. The fourth-order valence-electron chi connectivity index (χ4n) is 2.95. The number of hydrogen-bond donors (Lipinski definition) is 1. The van der Waals surface area contributed by atoms with Crippen LogP contribution >= 0.6 is 11.3 Å². The number of nitrogens with one attached hydrogen (secondary N) is 1. The Kier molecular flexibility index (Phi) is 10.0. The molecule has 1 aromatic heterocycles. The minimum Gasteiger partial charge on any atom is -0.466 e. The lowest BCUT2D eigenvalue weighted by atomic mass is 10.2. The highest BCUT2D eigenvalue weighted by Gasteiger charge is 2.20. The van der Waals surface area contributed by atoms with Gasteiger partial charge < -0.3 is 19.7 Å². The molecule has 1 aliphatic heterocycles. The summed E-state index contributed by atoms with van der Waals surface area (Å²) < 4.78 is 10.2. The predicted octanol–water partition coefficient (Wildman–Crippen LogP) is 1.28. The summed E-state index contributed by atoms with van der Waals surface area (Å²) in [6, 6.07) is 0. The van der Waals surface area contributed by atoms with E-state index in [0.29, 0.717) is 11.7 Å². The largest absolute Gasteiger partial charge is 0.466 e. The van der Waals surface area contributed by atoms with Crippen LogP contribution in [0.25, 0.3) is 0 Å². The molecular weight excluding hydrogens is 396 g/mol. The lowest BCUT2D eigenvalue weighted by molar-refractivity contribution is -0.145. The van der Waals surface area contributed by atoms with E-state index in [0.717, 1.165) is 44.1 Å². The van der Waals surface area contributed by atoms with Crippen LogP contribution in [0.2, 0.25) is 0 Å². The van der Waals surface area contributed by atoms with E-state index < -0.39 is 5.97 Å². The van der Waals surface area contributed by atoms with E-state index in [1.807, 2.05) is 6.92 Å². The van der Waals surface area contributed by atoms with E-state index in [9.17, 15) is 14.4 Å². The smallest absolute Gasteiger partial charge is 0.306 e. The Bertz CT molecular complexity index is 675. The van der Waals surface area contributed by atoms with E-state index in [1.165, 1.54) is 16.2 Å². The number of esters is 1. The summed E-state index contributed by atoms with van der Waals surface area (Å²) in [6.45, 7) is 8.32. The molecule has 2 amide bonds. The van der Waals surface area contributed by atoms with Gasteiger partial charge in [0.15, 0.2) is 5.13 Å². The SMILES string of the molecule is CCOC(=O)CCC(=O)N(CCCN1CCOCC1)CC(=O)Nc1ncc(C)s1.